The highest BCUT2D eigenvalue weighted by molar-refractivity contribution is 14.1. The number of fused-ring (bicyclic) bond motifs is 1. The van der Waals surface area contributed by atoms with Crippen molar-refractivity contribution in [1.82, 2.24) is 0 Å². The molecule has 4 heteroatoms. The Labute approximate surface area is 194 Å². The van der Waals surface area contributed by atoms with Crippen LogP contribution in [0.5, 0.6) is 5.75 Å². The van der Waals surface area contributed by atoms with E-state index >= 15 is 0 Å². The van der Waals surface area contributed by atoms with Gasteiger partial charge in [-0.1, -0.05) is 45.9 Å². The quantitative estimate of drug-likeness (QED) is 0.238. The maximum atomic E-state index is 12.0. The number of hydrogen-bond acceptors (Lipinski definition) is 3. The summed E-state index contributed by atoms with van der Waals surface area (Å²) in [6.45, 7) is 13.6. The van der Waals surface area contributed by atoms with Gasteiger partial charge in [0.05, 0.1) is 22.0 Å². The third kappa shape index (κ3) is 4.74. The van der Waals surface area contributed by atoms with Crippen molar-refractivity contribution in [3.8, 4) is 5.75 Å². The first-order valence-corrected chi connectivity index (χ1v) is 11.6. The maximum absolute atomic E-state index is 12.0. The van der Waals surface area contributed by atoms with E-state index in [0.29, 0.717) is 17.9 Å². The summed E-state index contributed by atoms with van der Waals surface area (Å²) < 4.78 is 12.0. The highest BCUT2D eigenvalue weighted by atomic mass is 127. The normalized spacial score (nSPS) is 17.2. The smallest absolute Gasteiger partial charge is 0.338 e. The maximum Gasteiger partial charge on any atom is 0.338 e. The first-order valence-electron chi connectivity index (χ1n) is 10.5. The topological polar surface area (TPSA) is 35.5 Å². The monoisotopic (exact) mass is 518 g/mol. The molecule has 1 aliphatic rings. The van der Waals surface area contributed by atoms with Gasteiger partial charge in [-0.15, -0.1) is 0 Å². The van der Waals surface area contributed by atoms with Crippen molar-refractivity contribution in [2.45, 2.75) is 65.2 Å². The summed E-state index contributed by atoms with van der Waals surface area (Å²) in [5.74, 6) is 0.318. The van der Waals surface area contributed by atoms with Crippen molar-refractivity contribution in [2.24, 2.45) is 0 Å². The average Bonchev–Trinajstić information content (AvgIpc) is 2.70. The number of hydrogen-bond donors (Lipinski definition) is 0. The minimum atomic E-state index is -0.334. The molecule has 1 aliphatic carbocycles. The Bertz CT molecular complexity index is 986. The number of allylic oxidation sites excluding steroid dienone is 1. The third-order valence-electron chi connectivity index (χ3n) is 6.11. The molecule has 0 spiro atoms. The Hall–Kier alpha value is -1.82. The van der Waals surface area contributed by atoms with Gasteiger partial charge < -0.3 is 9.47 Å². The van der Waals surface area contributed by atoms with Crippen LogP contribution in [0.15, 0.2) is 42.7 Å². The molecule has 0 amide bonds. The molecule has 0 aromatic heterocycles. The third-order valence-corrected chi connectivity index (χ3v) is 7.00. The Balaban J connectivity index is 1.89. The minimum Gasteiger partial charge on any atom is -0.464 e. The van der Waals surface area contributed by atoms with E-state index in [1.807, 2.05) is 6.07 Å². The van der Waals surface area contributed by atoms with E-state index in [-0.39, 0.29) is 16.8 Å². The molecule has 2 aromatic carbocycles. The van der Waals surface area contributed by atoms with Gasteiger partial charge in [0.15, 0.2) is 0 Å². The molecule has 0 saturated heterocycles. The van der Waals surface area contributed by atoms with Crippen LogP contribution < -0.4 is 4.74 Å². The van der Waals surface area contributed by atoms with Gasteiger partial charge in [-0.25, -0.2) is 4.79 Å². The molecule has 0 fully saturated rings. The zero-order valence-corrected chi connectivity index (χ0v) is 20.9. The number of carbonyl (C=O) groups excluding carboxylic acids is 1. The number of esters is 1. The van der Waals surface area contributed by atoms with E-state index in [1.165, 1.54) is 24.0 Å². The van der Waals surface area contributed by atoms with Gasteiger partial charge >= 0.3 is 5.97 Å². The summed E-state index contributed by atoms with van der Waals surface area (Å²) in [5, 5.41) is 0. The van der Waals surface area contributed by atoms with E-state index in [0.717, 1.165) is 14.7 Å². The fourth-order valence-corrected chi connectivity index (χ4v) is 4.45. The summed E-state index contributed by atoms with van der Waals surface area (Å²) in [5.41, 5.74) is 5.98. The van der Waals surface area contributed by atoms with Gasteiger partial charge in [-0.2, -0.15) is 0 Å². The highest BCUT2D eigenvalue weighted by Crippen LogP contribution is 2.46. The van der Waals surface area contributed by atoms with Crippen LogP contribution in [0.4, 0.5) is 0 Å². The lowest BCUT2D eigenvalue weighted by Crippen LogP contribution is -2.33. The van der Waals surface area contributed by atoms with Gasteiger partial charge in [0.25, 0.3) is 0 Å². The van der Waals surface area contributed by atoms with Crippen LogP contribution in [-0.2, 0) is 15.6 Å². The Morgan fingerprint density at radius 1 is 1.00 bits per heavy atom. The summed E-state index contributed by atoms with van der Waals surface area (Å²) >= 11 is 2.21. The number of benzene rings is 2. The van der Waals surface area contributed by atoms with Crippen LogP contribution in [-0.4, -0.2) is 12.6 Å². The van der Waals surface area contributed by atoms with Gasteiger partial charge in [-0.05, 0) is 101 Å². The zero-order valence-electron chi connectivity index (χ0n) is 18.8. The zero-order chi connectivity index (χ0) is 22.1. The Morgan fingerprint density at radius 2 is 1.63 bits per heavy atom. The summed E-state index contributed by atoms with van der Waals surface area (Å²) in [6, 6.07) is 12.2. The first kappa shape index (κ1) is 22.9. The molecule has 0 aliphatic heterocycles. The number of rotatable bonds is 5. The molecular weight excluding hydrogens is 487 g/mol. The molecule has 0 unspecified atom stereocenters. The standard InChI is InChI=1S/C26H31IO3/c1-7-29-24(28)19-9-11-22(27)23(15-19)30-16-17(2)18-8-10-20-21(14-18)26(5,6)13-12-25(20,3)4/h8-11,14-16H,7,12-13H2,1-6H3. The van der Waals surface area contributed by atoms with Crippen LogP contribution in [0.2, 0.25) is 0 Å². The van der Waals surface area contributed by atoms with Crippen molar-refractivity contribution in [2.75, 3.05) is 6.61 Å². The first-order chi connectivity index (χ1) is 14.0. The van der Waals surface area contributed by atoms with Crippen molar-refractivity contribution < 1.29 is 14.3 Å². The SMILES string of the molecule is CCOC(=O)c1ccc(I)c(OC=C(C)c2ccc3c(c2)C(C)(C)CCC3(C)C)c1. The molecule has 0 heterocycles. The van der Waals surface area contributed by atoms with E-state index in [2.05, 4.69) is 75.4 Å². The molecule has 2 aromatic rings. The fraction of sp³-hybridized carbons (Fsp3) is 0.423. The molecule has 0 atom stereocenters. The largest absolute Gasteiger partial charge is 0.464 e. The lowest BCUT2D eigenvalue weighted by Gasteiger charge is -2.42. The molecule has 0 radical (unpaired) electrons. The van der Waals surface area contributed by atoms with Gasteiger partial charge in [0, 0.05) is 0 Å². The van der Waals surface area contributed by atoms with Gasteiger partial charge in [-0.3, -0.25) is 0 Å². The predicted molar refractivity (Wildman–Crippen MR) is 131 cm³/mol. The predicted octanol–water partition coefficient (Wildman–Crippen LogP) is 7.26. The molecule has 30 heavy (non-hydrogen) atoms. The van der Waals surface area contributed by atoms with Crippen molar-refractivity contribution in [3.05, 3.63) is 68.5 Å². The second kappa shape index (κ2) is 8.74. The molecule has 3 nitrogen and oxygen atoms in total. The van der Waals surface area contributed by atoms with Crippen LogP contribution in [0.1, 0.15) is 81.4 Å². The van der Waals surface area contributed by atoms with E-state index in [4.69, 9.17) is 9.47 Å². The molecular formula is C26H31IO3. The Morgan fingerprint density at radius 3 is 2.30 bits per heavy atom. The second-order valence-electron chi connectivity index (χ2n) is 9.31. The van der Waals surface area contributed by atoms with E-state index in [1.54, 1.807) is 25.3 Å². The molecule has 0 saturated carbocycles. The highest BCUT2D eigenvalue weighted by Gasteiger charge is 2.36. The van der Waals surface area contributed by atoms with Gasteiger partial charge in [0.2, 0.25) is 0 Å². The lowest BCUT2D eigenvalue weighted by molar-refractivity contribution is 0.0526. The van der Waals surface area contributed by atoms with E-state index < -0.39 is 0 Å². The summed E-state index contributed by atoms with van der Waals surface area (Å²) in [6.07, 6.45) is 4.17. The van der Waals surface area contributed by atoms with Crippen LogP contribution in [0.25, 0.3) is 5.57 Å². The van der Waals surface area contributed by atoms with Crippen LogP contribution in [0, 0.1) is 3.57 Å². The average molecular weight is 518 g/mol. The number of ether oxygens (including phenoxy) is 2. The van der Waals surface area contributed by atoms with Crippen molar-refractivity contribution in [3.63, 3.8) is 0 Å². The summed E-state index contributed by atoms with van der Waals surface area (Å²) in [7, 11) is 0. The van der Waals surface area contributed by atoms with Crippen molar-refractivity contribution >= 4 is 34.1 Å². The van der Waals surface area contributed by atoms with Crippen LogP contribution >= 0.6 is 22.6 Å². The number of halogens is 1. The fourth-order valence-electron chi connectivity index (χ4n) is 3.99. The Kier molecular flexibility index (Phi) is 6.66. The second-order valence-corrected chi connectivity index (χ2v) is 10.5. The molecule has 0 bridgehead atoms. The van der Waals surface area contributed by atoms with Crippen LogP contribution in [0.3, 0.4) is 0 Å². The molecule has 3 rings (SSSR count). The van der Waals surface area contributed by atoms with Crippen molar-refractivity contribution in [1.29, 1.82) is 0 Å². The van der Waals surface area contributed by atoms with E-state index in [9.17, 15) is 4.79 Å². The van der Waals surface area contributed by atoms with Gasteiger partial charge in [0.1, 0.15) is 5.75 Å². The molecule has 160 valence electrons. The molecule has 0 N–H and O–H groups in total. The number of carbonyl (C=O) groups is 1. The lowest BCUT2D eigenvalue weighted by atomic mass is 9.63. The minimum absolute atomic E-state index is 0.172. The summed E-state index contributed by atoms with van der Waals surface area (Å²) in [4.78, 5) is 12.0.